The first-order valence-corrected chi connectivity index (χ1v) is 6.59. The van der Waals surface area contributed by atoms with Crippen LogP contribution in [0.15, 0.2) is 4.90 Å². The summed E-state index contributed by atoms with van der Waals surface area (Å²) < 4.78 is 26.3. The van der Waals surface area contributed by atoms with Crippen molar-refractivity contribution >= 4 is 10.0 Å². The lowest BCUT2D eigenvalue weighted by molar-refractivity contribution is 0.571. The minimum atomic E-state index is -3.47. The maximum absolute atomic E-state index is 11.9. The van der Waals surface area contributed by atoms with Crippen LogP contribution in [0.2, 0.25) is 0 Å². The second-order valence-electron chi connectivity index (χ2n) is 3.93. The molecule has 0 aliphatic rings. The Morgan fingerprint density at radius 2 is 2.12 bits per heavy atom. The van der Waals surface area contributed by atoms with Crippen molar-refractivity contribution in [3.63, 3.8) is 0 Å². The second-order valence-corrected chi connectivity index (χ2v) is 5.63. The maximum Gasteiger partial charge on any atom is 0.244 e. The van der Waals surface area contributed by atoms with E-state index in [0.29, 0.717) is 24.4 Å². The molecule has 0 aliphatic carbocycles. The van der Waals surface area contributed by atoms with Crippen LogP contribution < -0.4 is 10.5 Å². The molecule has 1 rings (SSSR count). The van der Waals surface area contributed by atoms with Crippen molar-refractivity contribution in [3.05, 3.63) is 11.4 Å². The Morgan fingerprint density at radius 3 is 2.56 bits per heavy atom. The first kappa shape index (κ1) is 13.1. The summed E-state index contributed by atoms with van der Waals surface area (Å²) in [7, 11) is -3.47. The fourth-order valence-electron chi connectivity index (χ4n) is 1.43. The monoisotopic (exact) mass is 246 g/mol. The number of sulfonamides is 1. The zero-order valence-corrected chi connectivity index (χ0v) is 10.6. The summed E-state index contributed by atoms with van der Waals surface area (Å²) in [6, 6.07) is -0.0192. The molecule has 1 heterocycles. The second kappa shape index (κ2) is 4.94. The Morgan fingerprint density at radius 1 is 1.50 bits per heavy atom. The normalized spacial score (nSPS) is 14.0. The molecule has 1 aromatic heterocycles. The highest BCUT2D eigenvalue weighted by molar-refractivity contribution is 7.89. The number of rotatable bonds is 5. The molecule has 0 radical (unpaired) electrons. The van der Waals surface area contributed by atoms with E-state index < -0.39 is 10.0 Å². The zero-order chi connectivity index (χ0) is 12.3. The van der Waals surface area contributed by atoms with Crippen LogP contribution in [0.4, 0.5) is 0 Å². The quantitative estimate of drug-likeness (QED) is 0.683. The van der Waals surface area contributed by atoms with E-state index in [0.717, 1.165) is 0 Å². The minimum Gasteiger partial charge on any atom is -0.328 e. The van der Waals surface area contributed by atoms with Crippen molar-refractivity contribution < 1.29 is 8.42 Å². The van der Waals surface area contributed by atoms with Crippen molar-refractivity contribution in [2.75, 3.05) is 6.54 Å². The third-order valence-corrected chi connectivity index (χ3v) is 3.94. The number of nitrogens with zero attached hydrogens (tertiary/aromatic N) is 1. The van der Waals surface area contributed by atoms with E-state index in [-0.39, 0.29) is 10.9 Å². The van der Waals surface area contributed by atoms with E-state index in [1.807, 2.05) is 6.92 Å². The van der Waals surface area contributed by atoms with Gasteiger partial charge >= 0.3 is 0 Å². The van der Waals surface area contributed by atoms with Crippen molar-refractivity contribution in [1.82, 2.24) is 14.9 Å². The molecular formula is C9H18N4O2S. The van der Waals surface area contributed by atoms with Crippen LogP contribution in [0.5, 0.6) is 0 Å². The van der Waals surface area contributed by atoms with E-state index in [4.69, 9.17) is 5.73 Å². The molecule has 7 heteroatoms. The Hall–Kier alpha value is -0.920. The van der Waals surface area contributed by atoms with Gasteiger partial charge in [-0.25, -0.2) is 13.1 Å². The third-order valence-electron chi connectivity index (χ3n) is 2.22. The summed E-state index contributed by atoms with van der Waals surface area (Å²) in [6.45, 7) is 5.51. The Bertz CT molecular complexity index is 431. The number of nitrogens with one attached hydrogen (secondary N) is 2. The fraction of sp³-hybridized carbons (Fsp3) is 0.667. The highest BCUT2D eigenvalue weighted by Crippen LogP contribution is 2.15. The molecule has 0 bridgehead atoms. The number of aromatic amines is 1. The van der Waals surface area contributed by atoms with Gasteiger partial charge in [0.15, 0.2) is 0 Å². The summed E-state index contributed by atoms with van der Waals surface area (Å²) in [5.41, 5.74) is 6.57. The molecule has 4 N–H and O–H groups in total. The molecule has 1 unspecified atom stereocenters. The number of aromatic nitrogens is 2. The van der Waals surface area contributed by atoms with Crippen LogP contribution in [0.25, 0.3) is 0 Å². The highest BCUT2D eigenvalue weighted by Gasteiger charge is 2.21. The van der Waals surface area contributed by atoms with E-state index in [1.54, 1.807) is 13.8 Å². The molecule has 0 aromatic carbocycles. The average molecular weight is 246 g/mol. The van der Waals surface area contributed by atoms with Gasteiger partial charge in [0.1, 0.15) is 4.90 Å². The zero-order valence-electron chi connectivity index (χ0n) is 9.74. The molecule has 0 spiro atoms. The lowest BCUT2D eigenvalue weighted by Gasteiger charge is -2.08. The summed E-state index contributed by atoms with van der Waals surface area (Å²) in [5.74, 6) is 0. The van der Waals surface area contributed by atoms with Crippen LogP contribution in [-0.2, 0) is 10.0 Å². The molecule has 92 valence electrons. The van der Waals surface area contributed by atoms with Gasteiger partial charge in [0.25, 0.3) is 0 Å². The van der Waals surface area contributed by atoms with Gasteiger partial charge in [0.2, 0.25) is 10.0 Å². The van der Waals surface area contributed by atoms with E-state index >= 15 is 0 Å². The molecule has 16 heavy (non-hydrogen) atoms. The van der Waals surface area contributed by atoms with Crippen LogP contribution >= 0.6 is 0 Å². The first-order valence-electron chi connectivity index (χ1n) is 5.11. The molecule has 1 atom stereocenters. The van der Waals surface area contributed by atoms with Crippen molar-refractivity contribution in [2.24, 2.45) is 5.73 Å². The van der Waals surface area contributed by atoms with E-state index in [1.165, 1.54) is 0 Å². The molecule has 0 aliphatic heterocycles. The first-order chi connectivity index (χ1) is 7.34. The Balaban J connectivity index is 2.79. The molecular weight excluding hydrogens is 228 g/mol. The summed E-state index contributed by atoms with van der Waals surface area (Å²) in [6.07, 6.45) is 0.606. The SMILES string of the molecule is Cc1n[nH]c(C)c1S(=O)(=O)NCCC(C)N. The summed E-state index contributed by atoms with van der Waals surface area (Å²) >= 11 is 0. The van der Waals surface area contributed by atoms with Gasteiger partial charge in [0.05, 0.1) is 11.4 Å². The van der Waals surface area contributed by atoms with Crippen molar-refractivity contribution in [2.45, 2.75) is 38.1 Å². The largest absolute Gasteiger partial charge is 0.328 e. The van der Waals surface area contributed by atoms with Gasteiger partial charge in [-0.05, 0) is 27.2 Å². The standard InChI is InChI=1S/C9H18N4O2S/c1-6(10)4-5-11-16(14,15)9-7(2)12-13-8(9)3/h6,11H,4-5,10H2,1-3H3,(H,12,13). The van der Waals surface area contributed by atoms with Crippen molar-refractivity contribution in [1.29, 1.82) is 0 Å². The topological polar surface area (TPSA) is 101 Å². The lowest BCUT2D eigenvalue weighted by Crippen LogP contribution is -2.29. The Kier molecular flexibility index (Phi) is 4.06. The molecule has 0 fully saturated rings. The minimum absolute atomic E-state index is 0.0192. The number of nitrogens with two attached hydrogens (primary N) is 1. The van der Waals surface area contributed by atoms with Crippen molar-refractivity contribution in [3.8, 4) is 0 Å². The number of hydrogen-bond acceptors (Lipinski definition) is 4. The summed E-state index contributed by atoms with van der Waals surface area (Å²) in [5, 5.41) is 6.51. The Labute approximate surface area is 95.7 Å². The van der Waals surface area contributed by atoms with Crippen LogP contribution in [0.3, 0.4) is 0 Å². The van der Waals surface area contributed by atoms with Crippen LogP contribution in [0, 0.1) is 13.8 Å². The smallest absolute Gasteiger partial charge is 0.244 e. The number of H-pyrrole nitrogens is 1. The predicted octanol–water partition coefficient (Wildman–Crippen LogP) is 0.0421. The van der Waals surface area contributed by atoms with Gasteiger partial charge < -0.3 is 5.73 Å². The van der Waals surface area contributed by atoms with Gasteiger partial charge in [-0.3, -0.25) is 5.10 Å². The molecule has 0 saturated heterocycles. The van der Waals surface area contributed by atoms with E-state index in [2.05, 4.69) is 14.9 Å². The molecule has 0 saturated carbocycles. The number of hydrogen-bond donors (Lipinski definition) is 3. The van der Waals surface area contributed by atoms with Gasteiger partial charge in [0, 0.05) is 12.6 Å². The predicted molar refractivity (Wildman–Crippen MR) is 61.5 cm³/mol. The highest BCUT2D eigenvalue weighted by atomic mass is 32.2. The fourth-order valence-corrected chi connectivity index (χ4v) is 2.84. The van der Waals surface area contributed by atoms with Gasteiger partial charge in [-0.15, -0.1) is 0 Å². The number of aryl methyl sites for hydroxylation is 2. The average Bonchev–Trinajstić information content (AvgIpc) is 2.45. The third kappa shape index (κ3) is 3.03. The molecule has 1 aromatic rings. The lowest BCUT2D eigenvalue weighted by atomic mass is 10.3. The molecule has 0 amide bonds. The van der Waals surface area contributed by atoms with Gasteiger partial charge in [-0.2, -0.15) is 5.10 Å². The summed E-state index contributed by atoms with van der Waals surface area (Å²) in [4.78, 5) is 0.233. The maximum atomic E-state index is 11.9. The van der Waals surface area contributed by atoms with Crippen LogP contribution in [0.1, 0.15) is 24.7 Å². The van der Waals surface area contributed by atoms with E-state index in [9.17, 15) is 8.42 Å². The van der Waals surface area contributed by atoms with Gasteiger partial charge in [-0.1, -0.05) is 0 Å². The molecule has 6 nitrogen and oxygen atoms in total. The van der Waals surface area contributed by atoms with Crippen LogP contribution in [-0.4, -0.2) is 31.2 Å².